The number of carbonyl (C=O) groups excluding carboxylic acids is 1. The molecule has 34 heavy (non-hydrogen) atoms. The van der Waals surface area contributed by atoms with E-state index in [4.69, 9.17) is 15.2 Å². The molecule has 2 aliphatic rings. The van der Waals surface area contributed by atoms with Crippen LogP contribution in [0.5, 0.6) is 5.88 Å². The molecule has 9 nitrogen and oxygen atoms in total. The van der Waals surface area contributed by atoms with Gasteiger partial charge >= 0.3 is 6.61 Å². The largest absolute Gasteiger partial charge is 0.415 e. The summed E-state index contributed by atoms with van der Waals surface area (Å²) in [5, 5.41) is 2.95. The Labute approximate surface area is 197 Å². The van der Waals surface area contributed by atoms with Gasteiger partial charge in [0, 0.05) is 30.0 Å². The highest BCUT2D eigenvalue weighted by Gasteiger charge is 2.49. The molecule has 13 heteroatoms. The first kappa shape index (κ1) is 24.2. The molecular weight excluding hydrogens is 475 g/mol. The van der Waals surface area contributed by atoms with Crippen molar-refractivity contribution in [2.45, 2.75) is 24.7 Å². The van der Waals surface area contributed by atoms with E-state index in [1.54, 1.807) is 7.11 Å². The van der Waals surface area contributed by atoms with Crippen LogP contribution in [0.1, 0.15) is 22.5 Å². The Morgan fingerprint density at radius 1 is 1.38 bits per heavy atom. The zero-order valence-corrected chi connectivity index (χ0v) is 18.9. The number of fused-ring (bicyclic) bond motifs is 1. The number of alkyl halides is 2. The highest BCUT2D eigenvalue weighted by Crippen LogP contribution is 2.47. The Morgan fingerprint density at radius 2 is 2.21 bits per heavy atom. The third-order valence-electron chi connectivity index (χ3n) is 5.62. The van der Waals surface area contributed by atoms with E-state index < -0.39 is 29.8 Å². The van der Waals surface area contributed by atoms with Crippen LogP contribution in [0.4, 0.5) is 18.9 Å². The van der Waals surface area contributed by atoms with Gasteiger partial charge in [0.25, 0.3) is 5.91 Å². The van der Waals surface area contributed by atoms with E-state index in [2.05, 4.69) is 25.0 Å². The molecule has 2 aliphatic heterocycles. The summed E-state index contributed by atoms with van der Waals surface area (Å²) in [7, 11) is 1.59. The summed E-state index contributed by atoms with van der Waals surface area (Å²) in [6, 6.07) is 4.12. The van der Waals surface area contributed by atoms with Crippen molar-refractivity contribution in [2.75, 3.05) is 31.4 Å². The molecule has 2 aromatic rings. The maximum atomic E-state index is 15.1. The maximum absolute atomic E-state index is 15.1. The van der Waals surface area contributed by atoms with Crippen LogP contribution in [0.2, 0.25) is 0 Å². The number of hydrogen-bond donors (Lipinski definition) is 2. The highest BCUT2D eigenvalue weighted by molar-refractivity contribution is 8.13. The first-order valence-corrected chi connectivity index (χ1v) is 11.3. The smallest absolute Gasteiger partial charge is 0.388 e. The van der Waals surface area contributed by atoms with Gasteiger partial charge in [-0.1, -0.05) is 11.8 Å². The van der Waals surface area contributed by atoms with Gasteiger partial charge in [0.05, 0.1) is 31.7 Å². The number of anilines is 1. The number of nitrogens with zero attached hydrogens (tertiary/aromatic N) is 3. The Bertz CT molecular complexity index is 1070. The average molecular weight is 497 g/mol. The predicted octanol–water partition coefficient (Wildman–Crippen LogP) is 2.78. The van der Waals surface area contributed by atoms with Crippen LogP contribution in [0, 0.1) is 11.7 Å². The number of aliphatic imine (C=N–C) groups is 1. The molecular formula is C21H22F3N5O4S. The van der Waals surface area contributed by atoms with Crippen molar-refractivity contribution in [1.82, 2.24) is 9.97 Å². The Balaban J connectivity index is 1.59. The Kier molecular flexibility index (Phi) is 7.24. The minimum absolute atomic E-state index is 0.0626. The molecule has 0 bridgehead atoms. The molecule has 1 fully saturated rings. The van der Waals surface area contributed by atoms with Crippen LogP contribution < -0.4 is 15.8 Å². The summed E-state index contributed by atoms with van der Waals surface area (Å²) in [4.78, 5) is 24.6. The molecule has 0 aliphatic carbocycles. The van der Waals surface area contributed by atoms with Crippen LogP contribution in [0.25, 0.3) is 0 Å². The van der Waals surface area contributed by atoms with Gasteiger partial charge in [-0.25, -0.2) is 19.4 Å². The van der Waals surface area contributed by atoms with Gasteiger partial charge < -0.3 is 25.3 Å². The van der Waals surface area contributed by atoms with E-state index in [1.165, 1.54) is 30.0 Å². The summed E-state index contributed by atoms with van der Waals surface area (Å²) in [6.45, 7) is -2.53. The second-order valence-electron chi connectivity index (χ2n) is 7.77. The van der Waals surface area contributed by atoms with E-state index in [0.717, 1.165) is 12.4 Å². The number of amidine groups is 1. The molecule has 0 saturated carbocycles. The topological polar surface area (TPSA) is 121 Å². The molecule has 182 valence electrons. The SMILES string of the molecule is COCC1CC2CSC(N)=NC2(c2cc(NC(=O)c3cnc(OC(F)F)cn3)ccc2F)CO1. The number of amides is 1. The number of nitrogens with two attached hydrogens (primary N) is 1. The zero-order chi connectivity index (χ0) is 24.3. The molecule has 3 heterocycles. The van der Waals surface area contributed by atoms with E-state index in [1.807, 2.05) is 0 Å². The average Bonchev–Trinajstić information content (AvgIpc) is 2.80. The van der Waals surface area contributed by atoms with Crippen LogP contribution in [0.3, 0.4) is 0 Å². The molecule has 1 amide bonds. The van der Waals surface area contributed by atoms with Gasteiger partial charge in [-0.3, -0.25) is 4.79 Å². The number of carbonyl (C=O) groups is 1. The first-order chi connectivity index (χ1) is 16.3. The molecule has 3 atom stereocenters. The lowest BCUT2D eigenvalue weighted by molar-refractivity contribution is -0.0836. The molecule has 4 rings (SSSR count). The number of nitrogens with one attached hydrogen (secondary N) is 1. The van der Waals surface area contributed by atoms with Crippen LogP contribution in [0.15, 0.2) is 35.6 Å². The van der Waals surface area contributed by atoms with Crippen molar-refractivity contribution in [1.29, 1.82) is 0 Å². The molecule has 1 aromatic carbocycles. The summed E-state index contributed by atoms with van der Waals surface area (Å²) >= 11 is 1.41. The van der Waals surface area contributed by atoms with Gasteiger partial charge in [0.2, 0.25) is 5.88 Å². The molecule has 3 N–H and O–H groups in total. The first-order valence-electron chi connectivity index (χ1n) is 10.3. The second-order valence-corrected chi connectivity index (χ2v) is 8.81. The maximum Gasteiger partial charge on any atom is 0.388 e. The van der Waals surface area contributed by atoms with Crippen LogP contribution >= 0.6 is 11.8 Å². The fourth-order valence-electron chi connectivity index (χ4n) is 4.06. The van der Waals surface area contributed by atoms with Crippen molar-refractivity contribution in [3.63, 3.8) is 0 Å². The summed E-state index contributed by atoms with van der Waals surface area (Å²) < 4.78 is 54.9. The third-order valence-corrected chi connectivity index (χ3v) is 6.57. The summed E-state index contributed by atoms with van der Waals surface area (Å²) in [6.07, 6.45) is 2.38. The lowest BCUT2D eigenvalue weighted by Gasteiger charge is -2.46. The number of aromatic nitrogens is 2. The normalized spacial score (nSPS) is 24.3. The van der Waals surface area contributed by atoms with Crippen molar-refractivity contribution in [3.05, 3.63) is 47.7 Å². The fourth-order valence-corrected chi connectivity index (χ4v) is 5.07. The molecule has 1 saturated heterocycles. The Hall–Kier alpha value is -2.90. The number of ether oxygens (including phenoxy) is 3. The lowest BCUT2D eigenvalue weighted by Crippen LogP contribution is -2.51. The molecule has 0 spiro atoms. The molecule has 0 radical (unpaired) electrons. The number of rotatable bonds is 7. The summed E-state index contributed by atoms with van der Waals surface area (Å²) in [5.74, 6) is -1.02. The van der Waals surface area contributed by atoms with E-state index in [0.29, 0.717) is 23.9 Å². The number of hydrogen-bond acceptors (Lipinski definition) is 9. The monoisotopic (exact) mass is 497 g/mol. The number of halogens is 3. The number of thioether (sulfide) groups is 1. The van der Waals surface area contributed by atoms with E-state index in [-0.39, 0.29) is 35.6 Å². The van der Waals surface area contributed by atoms with Crippen molar-refractivity contribution < 1.29 is 32.2 Å². The minimum Gasteiger partial charge on any atom is -0.415 e. The molecule has 1 aromatic heterocycles. The van der Waals surface area contributed by atoms with Crippen molar-refractivity contribution in [2.24, 2.45) is 16.6 Å². The van der Waals surface area contributed by atoms with E-state index >= 15 is 4.39 Å². The number of benzene rings is 1. The van der Waals surface area contributed by atoms with Crippen LogP contribution in [-0.4, -0.2) is 59.8 Å². The number of methoxy groups -OCH3 is 1. The van der Waals surface area contributed by atoms with Crippen LogP contribution in [-0.2, 0) is 15.0 Å². The van der Waals surface area contributed by atoms with Crippen molar-refractivity contribution >= 4 is 28.5 Å². The van der Waals surface area contributed by atoms with Gasteiger partial charge in [0.1, 0.15) is 17.1 Å². The van der Waals surface area contributed by atoms with E-state index in [9.17, 15) is 13.6 Å². The second kappa shape index (κ2) is 10.2. The zero-order valence-electron chi connectivity index (χ0n) is 18.0. The van der Waals surface area contributed by atoms with Crippen molar-refractivity contribution in [3.8, 4) is 5.88 Å². The van der Waals surface area contributed by atoms with Gasteiger partial charge in [-0.15, -0.1) is 0 Å². The Morgan fingerprint density at radius 3 is 2.91 bits per heavy atom. The van der Waals surface area contributed by atoms with Gasteiger partial charge in [-0.2, -0.15) is 8.78 Å². The summed E-state index contributed by atoms with van der Waals surface area (Å²) in [5.41, 5.74) is 5.37. The highest BCUT2D eigenvalue weighted by atomic mass is 32.2. The minimum atomic E-state index is -3.06. The predicted molar refractivity (Wildman–Crippen MR) is 118 cm³/mol. The standard InChI is InChI=1S/C21H22F3N5O4S/c1-31-8-13-4-11-9-34-20(25)29-21(11,10-32-13)14-5-12(2-3-15(14)22)28-18(30)16-6-27-17(7-26-16)33-19(23)24/h2-3,5-7,11,13,19H,4,8-10H2,1H3,(H2,25,29)(H,28,30). The van der Waals surface area contributed by atoms with Gasteiger partial charge in [0.15, 0.2) is 5.17 Å². The molecule has 3 unspecified atom stereocenters. The third kappa shape index (κ3) is 5.10. The fraction of sp³-hybridized carbons (Fsp3) is 0.429. The quantitative estimate of drug-likeness (QED) is 0.599. The van der Waals surface area contributed by atoms with Gasteiger partial charge in [-0.05, 0) is 24.6 Å². The lowest BCUT2D eigenvalue weighted by atomic mass is 9.75.